The summed E-state index contributed by atoms with van der Waals surface area (Å²) in [5.41, 5.74) is 2.68. The molecule has 2 rings (SSSR count). The maximum absolute atomic E-state index is 4.89. The molecular weight excluding hydrogens is 258 g/mol. The fourth-order valence-corrected chi connectivity index (χ4v) is 2.85. The van der Waals surface area contributed by atoms with E-state index in [1.54, 1.807) is 0 Å². The van der Waals surface area contributed by atoms with Crippen LogP contribution in [-0.2, 0) is 13.0 Å². The summed E-state index contributed by atoms with van der Waals surface area (Å²) in [5, 5.41) is 3.43. The van der Waals surface area contributed by atoms with Gasteiger partial charge in [-0.05, 0) is 43.5 Å². The number of aryl methyl sites for hydroxylation is 1. The van der Waals surface area contributed by atoms with Gasteiger partial charge in [0.2, 0.25) is 0 Å². The molecule has 2 aromatic rings. The molecule has 1 aromatic carbocycles. The lowest BCUT2D eigenvalue weighted by Gasteiger charge is -2.24. The quantitative estimate of drug-likeness (QED) is 0.743. The maximum atomic E-state index is 4.89. The zero-order valence-corrected chi connectivity index (χ0v) is 13.9. The molecule has 0 saturated heterocycles. The lowest BCUT2D eigenvalue weighted by Crippen LogP contribution is -2.25. The number of imidazole rings is 1. The Morgan fingerprint density at radius 3 is 2.67 bits per heavy atom. The smallest absolute Gasteiger partial charge is 0.110 e. The van der Waals surface area contributed by atoms with E-state index in [0.717, 1.165) is 38.0 Å². The number of nitrogens with zero attached hydrogens (tertiary/aromatic N) is 2. The first-order valence-electron chi connectivity index (χ1n) is 8.22. The lowest BCUT2D eigenvalue weighted by atomic mass is 9.85. The van der Waals surface area contributed by atoms with Crippen molar-refractivity contribution in [1.29, 1.82) is 0 Å². The van der Waals surface area contributed by atoms with Crippen LogP contribution >= 0.6 is 0 Å². The molecule has 1 heterocycles. The third-order valence-electron chi connectivity index (χ3n) is 4.05. The molecule has 0 radical (unpaired) electrons. The summed E-state index contributed by atoms with van der Waals surface area (Å²) >= 11 is 0. The Kier molecular flexibility index (Phi) is 5.40. The maximum Gasteiger partial charge on any atom is 0.110 e. The molecule has 0 aliphatic heterocycles. The Labute approximate surface area is 128 Å². The molecule has 0 aliphatic rings. The van der Waals surface area contributed by atoms with Crippen molar-refractivity contribution in [2.45, 2.75) is 53.5 Å². The molecule has 3 heteroatoms. The number of aromatic nitrogens is 2. The fourth-order valence-electron chi connectivity index (χ4n) is 2.85. The molecule has 0 amide bonds. The molecule has 3 nitrogen and oxygen atoms in total. The van der Waals surface area contributed by atoms with E-state index in [4.69, 9.17) is 4.98 Å². The van der Waals surface area contributed by atoms with Crippen molar-refractivity contribution in [2.24, 2.45) is 5.41 Å². The van der Waals surface area contributed by atoms with Crippen molar-refractivity contribution in [3.63, 3.8) is 0 Å². The van der Waals surface area contributed by atoms with Gasteiger partial charge in [-0.15, -0.1) is 0 Å². The SMILES string of the molecule is CCCn1c(CC(C)(C)CCNCC)nc2ccccc21. The van der Waals surface area contributed by atoms with Gasteiger partial charge in [0.05, 0.1) is 11.0 Å². The van der Waals surface area contributed by atoms with Crippen LogP contribution in [0.5, 0.6) is 0 Å². The summed E-state index contributed by atoms with van der Waals surface area (Å²) in [6, 6.07) is 8.49. The Morgan fingerprint density at radius 1 is 1.19 bits per heavy atom. The zero-order valence-electron chi connectivity index (χ0n) is 13.9. The van der Waals surface area contributed by atoms with Gasteiger partial charge in [0.15, 0.2) is 0 Å². The second-order valence-corrected chi connectivity index (χ2v) is 6.61. The minimum absolute atomic E-state index is 0.273. The number of para-hydroxylation sites is 2. The van der Waals surface area contributed by atoms with Crippen molar-refractivity contribution in [1.82, 2.24) is 14.9 Å². The average Bonchev–Trinajstić information content (AvgIpc) is 2.77. The molecule has 116 valence electrons. The van der Waals surface area contributed by atoms with Gasteiger partial charge >= 0.3 is 0 Å². The topological polar surface area (TPSA) is 29.9 Å². The van der Waals surface area contributed by atoms with Crippen molar-refractivity contribution in [2.75, 3.05) is 13.1 Å². The minimum atomic E-state index is 0.273. The van der Waals surface area contributed by atoms with Crippen LogP contribution in [0.2, 0.25) is 0 Å². The van der Waals surface area contributed by atoms with E-state index in [1.807, 2.05) is 0 Å². The van der Waals surface area contributed by atoms with Gasteiger partial charge in [-0.25, -0.2) is 4.98 Å². The molecular formula is C18H29N3. The molecule has 0 saturated carbocycles. The van der Waals surface area contributed by atoms with Crippen LogP contribution in [0, 0.1) is 5.41 Å². The van der Waals surface area contributed by atoms with E-state index < -0.39 is 0 Å². The highest BCUT2D eigenvalue weighted by atomic mass is 15.1. The first-order valence-corrected chi connectivity index (χ1v) is 8.22. The Balaban J connectivity index is 2.22. The van der Waals surface area contributed by atoms with Crippen LogP contribution in [0.25, 0.3) is 11.0 Å². The Bertz CT molecular complexity index is 569. The number of benzene rings is 1. The summed E-state index contributed by atoms with van der Waals surface area (Å²) in [7, 11) is 0. The van der Waals surface area contributed by atoms with Crippen molar-refractivity contribution in [3.8, 4) is 0 Å². The van der Waals surface area contributed by atoms with Gasteiger partial charge in [-0.1, -0.05) is 39.8 Å². The first kappa shape index (κ1) is 16.0. The summed E-state index contributed by atoms with van der Waals surface area (Å²) < 4.78 is 2.41. The van der Waals surface area contributed by atoms with E-state index in [0.29, 0.717) is 0 Å². The number of fused-ring (bicyclic) bond motifs is 1. The third-order valence-corrected chi connectivity index (χ3v) is 4.05. The van der Waals surface area contributed by atoms with E-state index in [2.05, 4.69) is 61.8 Å². The van der Waals surface area contributed by atoms with Gasteiger partial charge in [0.1, 0.15) is 5.82 Å². The molecule has 0 bridgehead atoms. The first-order chi connectivity index (χ1) is 10.1. The van der Waals surface area contributed by atoms with Crippen LogP contribution in [-0.4, -0.2) is 22.6 Å². The van der Waals surface area contributed by atoms with Gasteiger partial charge in [-0.3, -0.25) is 0 Å². The lowest BCUT2D eigenvalue weighted by molar-refractivity contribution is 0.316. The molecule has 1 N–H and O–H groups in total. The van der Waals surface area contributed by atoms with Gasteiger partial charge in [0.25, 0.3) is 0 Å². The minimum Gasteiger partial charge on any atom is -0.328 e. The molecule has 0 unspecified atom stereocenters. The van der Waals surface area contributed by atoms with Gasteiger partial charge in [0, 0.05) is 13.0 Å². The van der Waals surface area contributed by atoms with E-state index in [9.17, 15) is 0 Å². The third kappa shape index (κ3) is 4.07. The normalized spacial score (nSPS) is 12.2. The molecule has 1 aromatic heterocycles. The number of hydrogen-bond acceptors (Lipinski definition) is 2. The van der Waals surface area contributed by atoms with Crippen LogP contribution < -0.4 is 5.32 Å². The summed E-state index contributed by atoms with van der Waals surface area (Å²) in [6.07, 6.45) is 3.36. The van der Waals surface area contributed by atoms with Crippen molar-refractivity contribution in [3.05, 3.63) is 30.1 Å². The number of rotatable bonds is 8. The Morgan fingerprint density at radius 2 is 1.95 bits per heavy atom. The molecule has 0 aliphatic carbocycles. The molecule has 0 fully saturated rings. The largest absolute Gasteiger partial charge is 0.328 e. The average molecular weight is 287 g/mol. The van der Waals surface area contributed by atoms with Crippen LogP contribution in [0.4, 0.5) is 0 Å². The van der Waals surface area contributed by atoms with E-state index >= 15 is 0 Å². The highest BCUT2D eigenvalue weighted by Crippen LogP contribution is 2.27. The highest BCUT2D eigenvalue weighted by molar-refractivity contribution is 5.75. The molecule has 0 atom stereocenters. The molecule has 21 heavy (non-hydrogen) atoms. The predicted molar refractivity (Wildman–Crippen MR) is 90.7 cm³/mol. The summed E-state index contributed by atoms with van der Waals surface area (Å²) in [6.45, 7) is 12.3. The van der Waals surface area contributed by atoms with E-state index in [-0.39, 0.29) is 5.41 Å². The predicted octanol–water partition coefficient (Wildman–Crippen LogP) is 4.01. The summed E-state index contributed by atoms with van der Waals surface area (Å²) in [4.78, 5) is 4.89. The second-order valence-electron chi connectivity index (χ2n) is 6.61. The fraction of sp³-hybridized carbons (Fsp3) is 0.611. The Hall–Kier alpha value is -1.35. The highest BCUT2D eigenvalue weighted by Gasteiger charge is 2.22. The number of hydrogen-bond donors (Lipinski definition) is 1. The van der Waals surface area contributed by atoms with Crippen LogP contribution in [0.15, 0.2) is 24.3 Å². The van der Waals surface area contributed by atoms with Crippen LogP contribution in [0.3, 0.4) is 0 Å². The van der Waals surface area contributed by atoms with Crippen LogP contribution in [0.1, 0.15) is 46.4 Å². The monoisotopic (exact) mass is 287 g/mol. The van der Waals surface area contributed by atoms with E-state index in [1.165, 1.54) is 17.8 Å². The summed E-state index contributed by atoms with van der Waals surface area (Å²) in [5.74, 6) is 1.24. The van der Waals surface area contributed by atoms with Crippen molar-refractivity contribution >= 4 is 11.0 Å². The zero-order chi connectivity index (χ0) is 15.3. The standard InChI is InChI=1S/C18H29N3/c1-5-13-21-16-10-8-7-9-15(16)20-17(21)14-18(3,4)11-12-19-6-2/h7-10,19H,5-6,11-14H2,1-4H3. The van der Waals surface area contributed by atoms with Gasteiger partial charge < -0.3 is 9.88 Å². The van der Waals surface area contributed by atoms with Crippen molar-refractivity contribution < 1.29 is 0 Å². The molecule has 0 spiro atoms. The van der Waals surface area contributed by atoms with Gasteiger partial charge in [-0.2, -0.15) is 0 Å². The second kappa shape index (κ2) is 7.08. The number of nitrogens with one attached hydrogen (secondary N) is 1.